The second-order valence-electron chi connectivity index (χ2n) is 5.21. The molecular formula is C14H15Cl2N5O2. The lowest BCUT2D eigenvalue weighted by atomic mass is 10.1. The van der Waals surface area contributed by atoms with Crippen molar-refractivity contribution in [1.29, 1.82) is 0 Å². The quantitative estimate of drug-likeness (QED) is 0.839. The number of rotatable bonds is 4. The molecule has 1 aliphatic rings. The number of halogens is 2. The van der Waals surface area contributed by atoms with Gasteiger partial charge in [-0.15, -0.1) is 5.10 Å². The molecule has 0 atom stereocenters. The van der Waals surface area contributed by atoms with Gasteiger partial charge >= 0.3 is 0 Å². The summed E-state index contributed by atoms with van der Waals surface area (Å²) in [5.74, 6) is 0.242. The summed E-state index contributed by atoms with van der Waals surface area (Å²) in [6, 6.07) is 4.97. The van der Waals surface area contributed by atoms with Crippen LogP contribution in [-0.4, -0.2) is 50.9 Å². The fraction of sp³-hybridized carbons (Fsp3) is 0.429. The van der Waals surface area contributed by atoms with Crippen molar-refractivity contribution in [3.8, 4) is 11.4 Å². The highest BCUT2D eigenvalue weighted by Gasteiger charge is 2.19. The number of tetrazole rings is 1. The van der Waals surface area contributed by atoms with Gasteiger partial charge in [-0.2, -0.15) is 0 Å². The number of likely N-dealkylation sites (tertiary alicyclic amines) is 1. The molecule has 0 unspecified atom stereocenters. The molecule has 0 bridgehead atoms. The van der Waals surface area contributed by atoms with Crippen molar-refractivity contribution in [2.45, 2.75) is 19.3 Å². The van der Waals surface area contributed by atoms with Crippen LogP contribution in [0, 0.1) is 0 Å². The number of benzene rings is 1. The maximum atomic E-state index is 12.1. The molecule has 0 spiro atoms. The molecule has 0 saturated carbocycles. The molecule has 7 nitrogen and oxygen atoms in total. The van der Waals surface area contributed by atoms with Crippen molar-refractivity contribution >= 4 is 29.1 Å². The Morgan fingerprint density at radius 3 is 2.74 bits per heavy atom. The molecule has 0 radical (unpaired) electrons. The van der Waals surface area contributed by atoms with Crippen LogP contribution in [0.5, 0.6) is 0 Å². The molecule has 2 aromatic rings. The molecular weight excluding hydrogens is 341 g/mol. The zero-order valence-electron chi connectivity index (χ0n) is 12.3. The van der Waals surface area contributed by atoms with Gasteiger partial charge in [-0.1, -0.05) is 28.0 Å². The number of piperidine rings is 1. The molecule has 2 heterocycles. The number of carbonyl (C=O) groups is 1. The normalized spacial score (nSPS) is 14.8. The summed E-state index contributed by atoms with van der Waals surface area (Å²) in [6.07, 6.45) is 3.22. The summed E-state index contributed by atoms with van der Waals surface area (Å²) < 4.78 is 0. The van der Waals surface area contributed by atoms with Crippen molar-refractivity contribution in [2.24, 2.45) is 0 Å². The maximum Gasteiger partial charge on any atom is 0.263 e. The predicted octanol–water partition coefficient (Wildman–Crippen LogP) is 2.09. The molecule has 0 N–H and O–H groups in total. The van der Waals surface area contributed by atoms with Crippen molar-refractivity contribution in [1.82, 2.24) is 25.3 Å². The second-order valence-corrected chi connectivity index (χ2v) is 6.06. The second kappa shape index (κ2) is 7.14. The van der Waals surface area contributed by atoms with E-state index in [1.807, 2.05) is 0 Å². The molecule has 9 heteroatoms. The van der Waals surface area contributed by atoms with E-state index in [0.717, 1.165) is 37.2 Å². The third-order valence-corrected chi connectivity index (χ3v) is 4.18. The Hall–Kier alpha value is -1.86. The molecule has 1 aromatic heterocycles. The minimum Gasteiger partial charge on any atom is -0.384 e. The van der Waals surface area contributed by atoms with Gasteiger partial charge in [0.15, 0.2) is 6.61 Å². The molecule has 23 heavy (non-hydrogen) atoms. The van der Waals surface area contributed by atoms with Crippen LogP contribution >= 0.6 is 23.2 Å². The van der Waals surface area contributed by atoms with E-state index in [2.05, 4.69) is 15.5 Å². The van der Waals surface area contributed by atoms with E-state index in [-0.39, 0.29) is 12.5 Å². The Morgan fingerprint density at radius 1 is 1.22 bits per heavy atom. The zero-order valence-corrected chi connectivity index (χ0v) is 13.8. The van der Waals surface area contributed by atoms with Gasteiger partial charge in [-0.3, -0.25) is 4.79 Å². The van der Waals surface area contributed by atoms with Gasteiger partial charge in [-0.25, -0.2) is 0 Å². The van der Waals surface area contributed by atoms with Crippen LogP contribution in [0.2, 0.25) is 10.0 Å². The largest absolute Gasteiger partial charge is 0.384 e. The van der Waals surface area contributed by atoms with E-state index in [0.29, 0.717) is 21.4 Å². The highest BCUT2D eigenvalue weighted by atomic mass is 35.5. The summed E-state index contributed by atoms with van der Waals surface area (Å²) >= 11 is 12.0. The summed E-state index contributed by atoms with van der Waals surface area (Å²) in [6.45, 7) is 1.42. The van der Waals surface area contributed by atoms with Gasteiger partial charge in [0.25, 0.3) is 5.91 Å². The molecule has 1 saturated heterocycles. The average molecular weight is 356 g/mol. The Morgan fingerprint density at radius 2 is 2.00 bits per heavy atom. The van der Waals surface area contributed by atoms with E-state index in [9.17, 15) is 4.79 Å². The van der Waals surface area contributed by atoms with Gasteiger partial charge in [0.2, 0.25) is 5.82 Å². The number of carbonyl (C=O) groups excluding carboxylic acids is 1. The van der Waals surface area contributed by atoms with Gasteiger partial charge in [-0.05, 0) is 47.9 Å². The SMILES string of the molecule is O=C(COn1nnnc1-c1ccc(Cl)cc1Cl)N1CCCCC1. The van der Waals surface area contributed by atoms with Crippen LogP contribution in [0.15, 0.2) is 18.2 Å². The van der Waals surface area contributed by atoms with Gasteiger partial charge in [0, 0.05) is 23.7 Å². The minimum absolute atomic E-state index is 0.0756. The number of amides is 1. The number of aromatic nitrogens is 4. The van der Waals surface area contributed by atoms with Crippen molar-refractivity contribution < 1.29 is 9.63 Å². The fourth-order valence-corrected chi connectivity index (χ4v) is 2.94. The van der Waals surface area contributed by atoms with Crippen LogP contribution in [0.3, 0.4) is 0 Å². The fourth-order valence-electron chi connectivity index (χ4n) is 2.44. The van der Waals surface area contributed by atoms with Gasteiger partial charge in [0.1, 0.15) is 0 Å². The Kier molecular flexibility index (Phi) is 4.97. The third kappa shape index (κ3) is 3.73. The van der Waals surface area contributed by atoms with Crippen LogP contribution in [0.25, 0.3) is 11.4 Å². The Bertz CT molecular complexity index is 700. The molecule has 1 amide bonds. The van der Waals surface area contributed by atoms with Crippen molar-refractivity contribution in [3.05, 3.63) is 28.2 Å². The smallest absolute Gasteiger partial charge is 0.263 e. The number of hydrogen-bond donors (Lipinski definition) is 0. The molecule has 1 aliphatic heterocycles. The van der Waals surface area contributed by atoms with E-state index in [1.165, 1.54) is 0 Å². The predicted molar refractivity (Wildman–Crippen MR) is 85.2 cm³/mol. The standard InChI is InChI=1S/C14H15Cl2N5O2/c15-10-4-5-11(12(16)8-10)14-17-18-19-21(14)23-9-13(22)20-6-2-1-3-7-20/h4-5,8H,1-3,6-7,9H2. The summed E-state index contributed by atoms with van der Waals surface area (Å²) in [4.78, 5) is 20.5. The monoisotopic (exact) mass is 355 g/mol. The first-order valence-corrected chi connectivity index (χ1v) is 8.05. The van der Waals surface area contributed by atoms with Crippen LogP contribution in [-0.2, 0) is 4.79 Å². The van der Waals surface area contributed by atoms with Crippen LogP contribution in [0.1, 0.15) is 19.3 Å². The highest BCUT2D eigenvalue weighted by Crippen LogP contribution is 2.28. The molecule has 1 fully saturated rings. The lowest BCUT2D eigenvalue weighted by Gasteiger charge is -2.26. The topological polar surface area (TPSA) is 73.1 Å². The summed E-state index contributed by atoms with van der Waals surface area (Å²) in [5.41, 5.74) is 0.575. The average Bonchev–Trinajstić information content (AvgIpc) is 3.01. The number of hydrogen-bond acceptors (Lipinski definition) is 5. The first kappa shape index (κ1) is 16.0. The van der Waals surface area contributed by atoms with Gasteiger partial charge in [0.05, 0.1) is 5.02 Å². The van der Waals surface area contributed by atoms with E-state index in [4.69, 9.17) is 28.0 Å². The Balaban J connectivity index is 1.70. The lowest BCUT2D eigenvalue weighted by molar-refractivity contribution is -0.137. The molecule has 3 rings (SSSR count). The van der Waals surface area contributed by atoms with Crippen molar-refractivity contribution in [3.63, 3.8) is 0 Å². The van der Waals surface area contributed by atoms with E-state index in [1.54, 1.807) is 23.1 Å². The third-order valence-electron chi connectivity index (χ3n) is 3.63. The summed E-state index contributed by atoms with van der Waals surface area (Å²) in [7, 11) is 0. The molecule has 0 aliphatic carbocycles. The molecule has 122 valence electrons. The first-order valence-electron chi connectivity index (χ1n) is 7.30. The van der Waals surface area contributed by atoms with Crippen molar-refractivity contribution in [2.75, 3.05) is 19.7 Å². The Labute approximate surface area is 143 Å². The van der Waals surface area contributed by atoms with Crippen LogP contribution < -0.4 is 4.84 Å². The van der Waals surface area contributed by atoms with E-state index >= 15 is 0 Å². The van der Waals surface area contributed by atoms with Gasteiger partial charge < -0.3 is 9.74 Å². The maximum absolute atomic E-state index is 12.1. The number of nitrogens with zero attached hydrogens (tertiary/aromatic N) is 5. The first-order chi connectivity index (χ1) is 11.1. The lowest BCUT2D eigenvalue weighted by Crippen LogP contribution is -2.40. The summed E-state index contributed by atoms with van der Waals surface area (Å²) in [5, 5.41) is 12.1. The van der Waals surface area contributed by atoms with E-state index < -0.39 is 0 Å². The minimum atomic E-state index is -0.122. The molecule has 1 aromatic carbocycles. The highest BCUT2D eigenvalue weighted by molar-refractivity contribution is 6.36. The zero-order chi connectivity index (χ0) is 16.2. The van der Waals surface area contributed by atoms with Crippen LogP contribution in [0.4, 0.5) is 0 Å².